The van der Waals surface area contributed by atoms with Crippen molar-refractivity contribution >= 4 is 10.8 Å². The van der Waals surface area contributed by atoms with Gasteiger partial charge in [-0.05, 0) is 19.1 Å². The van der Waals surface area contributed by atoms with Crippen LogP contribution < -0.4 is 0 Å². The van der Waals surface area contributed by atoms with Gasteiger partial charge < -0.3 is 0 Å². The monoisotopic (exact) mass is 218 g/mol. The highest BCUT2D eigenvalue weighted by atomic mass is 32.2. The second kappa shape index (κ2) is 4.31. The third-order valence-electron chi connectivity index (χ3n) is 1.99. The second-order valence-electron chi connectivity index (χ2n) is 3.16. The van der Waals surface area contributed by atoms with E-state index in [1.165, 1.54) is 6.33 Å². The van der Waals surface area contributed by atoms with E-state index in [2.05, 4.69) is 9.97 Å². The molecule has 0 aliphatic rings. The van der Waals surface area contributed by atoms with E-state index in [4.69, 9.17) is 0 Å². The van der Waals surface area contributed by atoms with Gasteiger partial charge in [0.15, 0.2) is 0 Å². The number of aromatic nitrogens is 2. The lowest BCUT2D eigenvalue weighted by Gasteiger charge is -2.01. The van der Waals surface area contributed by atoms with Crippen LogP contribution in [0.25, 0.3) is 0 Å². The fourth-order valence-corrected chi connectivity index (χ4v) is 2.15. The molecular weight excluding hydrogens is 208 g/mol. The number of rotatable bonds is 2. The van der Waals surface area contributed by atoms with E-state index in [1.807, 2.05) is 31.2 Å². The number of benzene rings is 1. The van der Waals surface area contributed by atoms with Crippen LogP contribution in [0.3, 0.4) is 0 Å². The molecule has 2 aromatic rings. The van der Waals surface area contributed by atoms with Gasteiger partial charge in [-0.2, -0.15) is 0 Å². The Kier molecular flexibility index (Phi) is 2.87. The van der Waals surface area contributed by atoms with Crippen LogP contribution >= 0.6 is 0 Å². The lowest BCUT2D eigenvalue weighted by molar-refractivity contribution is 0.682. The van der Waals surface area contributed by atoms with Crippen molar-refractivity contribution in [1.29, 1.82) is 0 Å². The molecule has 1 aromatic heterocycles. The van der Waals surface area contributed by atoms with Gasteiger partial charge in [-0.1, -0.05) is 17.7 Å². The van der Waals surface area contributed by atoms with Gasteiger partial charge >= 0.3 is 0 Å². The van der Waals surface area contributed by atoms with Gasteiger partial charge in [-0.15, -0.1) is 0 Å². The minimum Gasteiger partial charge on any atom is -0.249 e. The van der Waals surface area contributed by atoms with Crippen molar-refractivity contribution in [3.05, 3.63) is 48.5 Å². The molecule has 4 heteroatoms. The van der Waals surface area contributed by atoms with Crippen molar-refractivity contribution in [2.45, 2.75) is 16.7 Å². The van der Waals surface area contributed by atoms with Gasteiger partial charge in [-0.3, -0.25) is 0 Å². The third kappa shape index (κ3) is 2.27. The zero-order valence-corrected chi connectivity index (χ0v) is 9.07. The van der Waals surface area contributed by atoms with E-state index < -0.39 is 10.8 Å². The first-order valence-corrected chi connectivity index (χ1v) is 5.66. The van der Waals surface area contributed by atoms with Gasteiger partial charge in [0.05, 0.1) is 15.7 Å². The molecule has 0 fully saturated rings. The van der Waals surface area contributed by atoms with Crippen molar-refractivity contribution in [3.63, 3.8) is 0 Å². The van der Waals surface area contributed by atoms with Crippen molar-refractivity contribution < 1.29 is 4.21 Å². The summed E-state index contributed by atoms with van der Waals surface area (Å²) in [6.07, 6.45) is 4.57. The second-order valence-corrected chi connectivity index (χ2v) is 4.64. The Morgan fingerprint density at radius 2 is 1.60 bits per heavy atom. The zero-order chi connectivity index (χ0) is 10.7. The first-order valence-electron chi connectivity index (χ1n) is 4.51. The van der Waals surface area contributed by atoms with Crippen molar-refractivity contribution in [1.82, 2.24) is 9.97 Å². The lowest BCUT2D eigenvalue weighted by atomic mass is 10.2. The van der Waals surface area contributed by atoms with Gasteiger partial charge in [0.25, 0.3) is 0 Å². The summed E-state index contributed by atoms with van der Waals surface area (Å²) in [5.41, 5.74) is 1.15. The first-order chi connectivity index (χ1) is 7.27. The molecule has 0 N–H and O–H groups in total. The van der Waals surface area contributed by atoms with E-state index >= 15 is 0 Å². The highest BCUT2D eigenvalue weighted by molar-refractivity contribution is 7.85. The largest absolute Gasteiger partial charge is 0.249 e. The summed E-state index contributed by atoms with van der Waals surface area (Å²) in [5.74, 6) is 0. The Hall–Kier alpha value is -1.55. The molecule has 0 spiro atoms. The summed E-state index contributed by atoms with van der Waals surface area (Å²) < 4.78 is 12.0. The van der Waals surface area contributed by atoms with Gasteiger partial charge in [0.1, 0.15) is 6.33 Å². The van der Waals surface area contributed by atoms with Crippen molar-refractivity contribution in [2.24, 2.45) is 0 Å². The minimum absolute atomic E-state index is 0.626. The van der Waals surface area contributed by atoms with Gasteiger partial charge in [0, 0.05) is 17.3 Å². The average Bonchev–Trinajstić information content (AvgIpc) is 2.30. The average molecular weight is 218 g/mol. The Bertz CT molecular complexity index is 468. The van der Waals surface area contributed by atoms with Crippen LogP contribution in [0.4, 0.5) is 0 Å². The lowest BCUT2D eigenvalue weighted by Crippen LogP contribution is -1.94. The van der Waals surface area contributed by atoms with E-state index in [0.29, 0.717) is 4.90 Å². The van der Waals surface area contributed by atoms with Crippen LogP contribution in [0.5, 0.6) is 0 Å². The SMILES string of the molecule is Cc1ccc(S(=O)c2cncnc2)cc1. The maximum Gasteiger partial charge on any atom is 0.115 e. The Labute approximate surface area is 90.7 Å². The quantitative estimate of drug-likeness (QED) is 0.773. The van der Waals surface area contributed by atoms with Crippen LogP contribution in [0.15, 0.2) is 52.8 Å². The smallest absolute Gasteiger partial charge is 0.115 e. The van der Waals surface area contributed by atoms with E-state index in [-0.39, 0.29) is 0 Å². The minimum atomic E-state index is -1.18. The highest BCUT2D eigenvalue weighted by Gasteiger charge is 2.06. The van der Waals surface area contributed by atoms with E-state index in [1.54, 1.807) is 12.4 Å². The molecule has 0 aliphatic carbocycles. The molecule has 0 aliphatic heterocycles. The number of nitrogens with zero attached hydrogens (tertiary/aromatic N) is 2. The van der Waals surface area contributed by atoms with E-state index in [9.17, 15) is 4.21 Å². The Morgan fingerprint density at radius 1 is 1.00 bits per heavy atom. The summed E-state index contributed by atoms with van der Waals surface area (Å²) >= 11 is 0. The molecule has 1 heterocycles. The van der Waals surface area contributed by atoms with Crippen LogP contribution in [0, 0.1) is 6.92 Å². The molecular formula is C11H10N2OS. The topological polar surface area (TPSA) is 42.9 Å². The molecule has 0 radical (unpaired) electrons. The fourth-order valence-electron chi connectivity index (χ4n) is 1.18. The first kappa shape index (κ1) is 9.98. The predicted octanol–water partition coefficient (Wildman–Crippen LogP) is 1.95. The molecule has 0 saturated heterocycles. The van der Waals surface area contributed by atoms with E-state index in [0.717, 1.165) is 10.5 Å². The maximum atomic E-state index is 12.0. The Balaban J connectivity index is 2.33. The van der Waals surface area contributed by atoms with Crippen LogP contribution in [0.2, 0.25) is 0 Å². The summed E-state index contributed by atoms with van der Waals surface area (Å²) in [5, 5.41) is 0. The third-order valence-corrected chi connectivity index (χ3v) is 3.33. The summed E-state index contributed by atoms with van der Waals surface area (Å²) in [6.45, 7) is 2.00. The molecule has 2 rings (SSSR count). The fraction of sp³-hybridized carbons (Fsp3) is 0.0909. The summed E-state index contributed by atoms with van der Waals surface area (Å²) in [6, 6.07) is 7.60. The predicted molar refractivity (Wildman–Crippen MR) is 57.9 cm³/mol. The molecule has 1 unspecified atom stereocenters. The molecule has 0 amide bonds. The van der Waals surface area contributed by atoms with Gasteiger partial charge in [-0.25, -0.2) is 14.2 Å². The zero-order valence-electron chi connectivity index (χ0n) is 8.25. The summed E-state index contributed by atoms with van der Waals surface area (Å²) in [7, 11) is -1.18. The number of hydrogen-bond donors (Lipinski definition) is 0. The van der Waals surface area contributed by atoms with Crippen LogP contribution in [-0.2, 0) is 10.8 Å². The molecule has 0 bridgehead atoms. The number of aryl methyl sites for hydroxylation is 1. The standard InChI is InChI=1S/C11H10N2OS/c1-9-2-4-10(5-3-9)15(14)11-6-12-8-13-7-11/h2-8H,1H3. The van der Waals surface area contributed by atoms with Crippen LogP contribution in [0.1, 0.15) is 5.56 Å². The van der Waals surface area contributed by atoms with Gasteiger partial charge in [0.2, 0.25) is 0 Å². The molecule has 76 valence electrons. The number of hydrogen-bond acceptors (Lipinski definition) is 3. The van der Waals surface area contributed by atoms with Crippen molar-refractivity contribution in [3.8, 4) is 0 Å². The molecule has 3 nitrogen and oxygen atoms in total. The molecule has 15 heavy (non-hydrogen) atoms. The molecule has 1 atom stereocenters. The highest BCUT2D eigenvalue weighted by Crippen LogP contribution is 2.14. The normalized spacial score (nSPS) is 12.3. The summed E-state index contributed by atoms with van der Waals surface area (Å²) in [4.78, 5) is 9.09. The molecule has 0 saturated carbocycles. The van der Waals surface area contributed by atoms with Crippen LogP contribution in [-0.4, -0.2) is 14.2 Å². The maximum absolute atomic E-state index is 12.0. The van der Waals surface area contributed by atoms with Crippen molar-refractivity contribution in [2.75, 3.05) is 0 Å². The Morgan fingerprint density at radius 3 is 2.20 bits per heavy atom. The molecule has 1 aromatic carbocycles.